The summed E-state index contributed by atoms with van der Waals surface area (Å²) in [4.78, 5) is 14.4. The third-order valence-corrected chi connectivity index (χ3v) is 5.76. The molecule has 0 bridgehead atoms. The van der Waals surface area contributed by atoms with Crippen LogP contribution < -0.4 is 9.64 Å². The second-order valence-electron chi connectivity index (χ2n) is 5.92. The Labute approximate surface area is 161 Å². The number of rotatable bonds is 5. The highest BCUT2D eigenvalue weighted by molar-refractivity contribution is 7.94. The minimum atomic E-state index is -3.43. The van der Waals surface area contributed by atoms with Crippen molar-refractivity contribution in [2.24, 2.45) is 0 Å². The molecule has 27 heavy (non-hydrogen) atoms. The molecule has 0 N–H and O–H groups in total. The Bertz CT molecular complexity index is 969. The van der Waals surface area contributed by atoms with Crippen molar-refractivity contribution >= 4 is 33.0 Å². The van der Waals surface area contributed by atoms with Gasteiger partial charge >= 0.3 is 0 Å². The highest BCUT2D eigenvalue weighted by atomic mass is 35.5. The van der Waals surface area contributed by atoms with Crippen molar-refractivity contribution in [2.45, 2.75) is 13.0 Å². The zero-order valence-electron chi connectivity index (χ0n) is 14.4. The fourth-order valence-corrected chi connectivity index (χ4v) is 4.38. The fourth-order valence-electron chi connectivity index (χ4n) is 2.87. The van der Waals surface area contributed by atoms with Crippen LogP contribution >= 0.6 is 11.6 Å². The molecule has 0 unspecified atom stereocenters. The maximum Gasteiger partial charge on any atom is 0.263 e. The van der Waals surface area contributed by atoms with Gasteiger partial charge in [0.1, 0.15) is 11.6 Å². The normalized spacial score (nSPS) is 17.7. The van der Waals surface area contributed by atoms with E-state index in [2.05, 4.69) is 0 Å². The van der Waals surface area contributed by atoms with Crippen molar-refractivity contribution in [1.82, 2.24) is 0 Å². The summed E-state index contributed by atoms with van der Waals surface area (Å²) >= 11 is 6.04. The molecule has 0 aliphatic carbocycles. The number of nitrogens with zero attached hydrogens (tertiary/aromatic N) is 1. The number of benzene rings is 2. The molecule has 0 saturated heterocycles. The van der Waals surface area contributed by atoms with Crippen LogP contribution in [-0.2, 0) is 9.84 Å². The molecule has 0 aromatic heterocycles. The van der Waals surface area contributed by atoms with Gasteiger partial charge in [0.15, 0.2) is 9.84 Å². The lowest BCUT2D eigenvalue weighted by Gasteiger charge is -2.28. The monoisotopic (exact) mass is 409 g/mol. The molecule has 8 heteroatoms. The molecular weight excluding hydrogens is 393 g/mol. The minimum Gasteiger partial charge on any atom is -0.494 e. The zero-order valence-corrected chi connectivity index (χ0v) is 16.0. The summed E-state index contributed by atoms with van der Waals surface area (Å²) in [6, 6.07) is 9.75. The Morgan fingerprint density at radius 3 is 2.52 bits per heavy atom. The van der Waals surface area contributed by atoms with Crippen LogP contribution in [0.15, 0.2) is 53.9 Å². The summed E-state index contributed by atoms with van der Waals surface area (Å²) in [7, 11) is -3.43. The standard InChI is InChI=1S/C19H17ClFNO4S/c1-2-26-15-8-6-13(7-9-15)22(14-10-11-27(24,25)12-14)19(23)18-16(20)4-3-5-17(18)21/h3-11,14H,2,12H2,1H3/t14-/m0/s1. The minimum absolute atomic E-state index is 0.0410. The van der Waals surface area contributed by atoms with Crippen LogP contribution in [0.4, 0.5) is 10.1 Å². The van der Waals surface area contributed by atoms with Gasteiger partial charge in [-0.3, -0.25) is 4.79 Å². The largest absolute Gasteiger partial charge is 0.494 e. The lowest BCUT2D eigenvalue weighted by molar-refractivity contribution is 0.0979. The summed E-state index contributed by atoms with van der Waals surface area (Å²) < 4.78 is 43.4. The fraction of sp³-hybridized carbons (Fsp3) is 0.211. The maximum absolute atomic E-state index is 14.3. The summed E-state index contributed by atoms with van der Waals surface area (Å²) in [5.74, 6) is -1.16. The molecular formula is C19H17ClFNO4S. The van der Waals surface area contributed by atoms with Gasteiger partial charge in [-0.1, -0.05) is 17.7 Å². The molecule has 1 amide bonds. The smallest absolute Gasteiger partial charge is 0.263 e. The van der Waals surface area contributed by atoms with Crippen molar-refractivity contribution in [3.8, 4) is 5.75 Å². The van der Waals surface area contributed by atoms with E-state index >= 15 is 0 Å². The van der Waals surface area contributed by atoms with Gasteiger partial charge in [-0.15, -0.1) is 0 Å². The number of carbonyl (C=O) groups excluding carboxylic acids is 1. The second-order valence-corrected chi connectivity index (χ2v) is 8.26. The van der Waals surface area contributed by atoms with E-state index in [9.17, 15) is 17.6 Å². The van der Waals surface area contributed by atoms with Crippen molar-refractivity contribution < 1.29 is 22.3 Å². The number of anilines is 1. The third kappa shape index (κ3) is 4.14. The van der Waals surface area contributed by atoms with Crippen LogP contribution in [0.3, 0.4) is 0 Å². The van der Waals surface area contributed by atoms with Crippen LogP contribution in [-0.4, -0.2) is 32.7 Å². The molecule has 1 aliphatic heterocycles. The second kappa shape index (κ2) is 7.70. The number of ether oxygens (including phenoxy) is 1. The molecule has 1 heterocycles. The molecule has 0 fully saturated rings. The van der Waals surface area contributed by atoms with Gasteiger partial charge in [0.25, 0.3) is 5.91 Å². The number of sulfone groups is 1. The number of halogens is 2. The molecule has 0 spiro atoms. The quantitative estimate of drug-likeness (QED) is 0.752. The van der Waals surface area contributed by atoms with Crippen LogP contribution in [0.25, 0.3) is 0 Å². The average molecular weight is 410 g/mol. The molecule has 0 saturated carbocycles. The van der Waals surface area contributed by atoms with Crippen molar-refractivity contribution in [2.75, 3.05) is 17.3 Å². The first-order valence-corrected chi connectivity index (χ1v) is 10.3. The predicted octanol–water partition coefficient (Wildman–Crippen LogP) is 3.84. The van der Waals surface area contributed by atoms with Crippen LogP contribution in [0.2, 0.25) is 5.02 Å². The number of carbonyl (C=O) groups is 1. The van der Waals surface area contributed by atoms with E-state index in [0.717, 1.165) is 11.5 Å². The lowest BCUT2D eigenvalue weighted by Crippen LogP contribution is -2.41. The summed E-state index contributed by atoms with van der Waals surface area (Å²) in [6.07, 6.45) is 1.42. The van der Waals surface area contributed by atoms with E-state index in [1.165, 1.54) is 23.1 Å². The van der Waals surface area contributed by atoms with Crippen LogP contribution in [0, 0.1) is 5.82 Å². The lowest BCUT2D eigenvalue weighted by atomic mass is 10.1. The van der Waals surface area contributed by atoms with E-state index < -0.39 is 27.6 Å². The summed E-state index contributed by atoms with van der Waals surface area (Å²) in [5, 5.41) is 1.02. The van der Waals surface area contributed by atoms with E-state index in [-0.39, 0.29) is 16.3 Å². The molecule has 1 atom stereocenters. The van der Waals surface area contributed by atoms with Gasteiger partial charge in [-0.25, -0.2) is 12.8 Å². The number of hydrogen-bond acceptors (Lipinski definition) is 4. The predicted molar refractivity (Wildman–Crippen MR) is 103 cm³/mol. The topological polar surface area (TPSA) is 63.7 Å². The van der Waals surface area contributed by atoms with Crippen LogP contribution in [0.1, 0.15) is 17.3 Å². The summed E-state index contributed by atoms with van der Waals surface area (Å²) in [5.41, 5.74) is 0.111. The molecule has 142 valence electrons. The van der Waals surface area contributed by atoms with Gasteiger partial charge in [0.05, 0.1) is 29.0 Å². The third-order valence-electron chi connectivity index (χ3n) is 4.06. The van der Waals surface area contributed by atoms with Gasteiger partial charge in [0, 0.05) is 11.1 Å². The Balaban J connectivity index is 2.05. The van der Waals surface area contributed by atoms with Gasteiger partial charge < -0.3 is 9.64 Å². The molecule has 0 radical (unpaired) electrons. The van der Waals surface area contributed by atoms with E-state index in [4.69, 9.17) is 16.3 Å². The molecule has 2 aromatic rings. The first kappa shape index (κ1) is 19.4. The Morgan fingerprint density at radius 2 is 1.96 bits per heavy atom. The molecule has 3 rings (SSSR count). The van der Waals surface area contributed by atoms with Crippen molar-refractivity contribution in [1.29, 1.82) is 0 Å². The van der Waals surface area contributed by atoms with Gasteiger partial charge in [0.2, 0.25) is 0 Å². The number of amides is 1. The Kier molecular flexibility index (Phi) is 5.53. The Morgan fingerprint density at radius 1 is 1.26 bits per heavy atom. The molecule has 5 nitrogen and oxygen atoms in total. The molecule has 1 aliphatic rings. The van der Waals surface area contributed by atoms with Crippen molar-refractivity contribution in [3.63, 3.8) is 0 Å². The highest BCUT2D eigenvalue weighted by Crippen LogP contribution is 2.29. The van der Waals surface area contributed by atoms with Gasteiger partial charge in [-0.05, 0) is 49.4 Å². The van der Waals surface area contributed by atoms with Crippen molar-refractivity contribution in [3.05, 3.63) is 70.4 Å². The molecule has 2 aromatic carbocycles. The summed E-state index contributed by atoms with van der Waals surface area (Å²) in [6.45, 7) is 2.33. The number of hydrogen-bond donors (Lipinski definition) is 0. The highest BCUT2D eigenvalue weighted by Gasteiger charge is 2.33. The Hall–Kier alpha value is -2.38. The maximum atomic E-state index is 14.3. The van der Waals surface area contributed by atoms with E-state index in [1.54, 1.807) is 24.3 Å². The first-order chi connectivity index (χ1) is 12.8. The zero-order chi connectivity index (χ0) is 19.6. The SMILES string of the molecule is CCOc1ccc(N(C(=O)c2c(F)cccc2Cl)[C@H]2C=CS(=O)(=O)C2)cc1. The van der Waals surface area contributed by atoms with Gasteiger partial charge in [-0.2, -0.15) is 0 Å². The first-order valence-electron chi connectivity index (χ1n) is 8.24. The van der Waals surface area contributed by atoms with Crippen LogP contribution in [0.5, 0.6) is 5.75 Å². The average Bonchev–Trinajstić information content (AvgIpc) is 2.96. The van der Waals surface area contributed by atoms with E-state index in [1.807, 2.05) is 6.92 Å². The van der Waals surface area contributed by atoms with E-state index in [0.29, 0.717) is 18.0 Å².